The standard InChI is InChI=1S/C13H12ClN/c1-9-4-2-3-5-11(9)10-6-7-13(15)12(14)8-10/h2-8H,15H2,1H3. The molecule has 0 aliphatic carbocycles. The van der Waals surface area contributed by atoms with Crippen molar-refractivity contribution < 1.29 is 0 Å². The van der Waals surface area contributed by atoms with Gasteiger partial charge in [0.05, 0.1) is 10.7 Å². The molecule has 0 saturated heterocycles. The maximum atomic E-state index is 5.99. The van der Waals surface area contributed by atoms with E-state index in [9.17, 15) is 0 Å². The van der Waals surface area contributed by atoms with E-state index >= 15 is 0 Å². The second-order valence-electron chi connectivity index (χ2n) is 3.55. The first-order chi connectivity index (χ1) is 7.18. The Balaban J connectivity index is 2.55. The second-order valence-corrected chi connectivity index (χ2v) is 3.96. The zero-order valence-electron chi connectivity index (χ0n) is 8.50. The number of nitrogens with two attached hydrogens (primary N) is 1. The van der Waals surface area contributed by atoms with Gasteiger partial charge in [-0.15, -0.1) is 0 Å². The van der Waals surface area contributed by atoms with E-state index in [1.807, 2.05) is 30.3 Å². The van der Waals surface area contributed by atoms with Crippen molar-refractivity contribution in [3.05, 3.63) is 53.1 Å². The van der Waals surface area contributed by atoms with Crippen molar-refractivity contribution >= 4 is 17.3 Å². The van der Waals surface area contributed by atoms with Gasteiger partial charge in [-0.1, -0.05) is 41.9 Å². The van der Waals surface area contributed by atoms with E-state index in [-0.39, 0.29) is 0 Å². The summed E-state index contributed by atoms with van der Waals surface area (Å²) in [5, 5.41) is 0.607. The molecule has 1 nitrogen and oxygen atoms in total. The summed E-state index contributed by atoms with van der Waals surface area (Å²) in [4.78, 5) is 0. The number of anilines is 1. The van der Waals surface area contributed by atoms with Crippen LogP contribution in [0.15, 0.2) is 42.5 Å². The minimum Gasteiger partial charge on any atom is -0.398 e. The zero-order chi connectivity index (χ0) is 10.8. The maximum Gasteiger partial charge on any atom is 0.0641 e. The Morgan fingerprint density at radius 3 is 2.47 bits per heavy atom. The molecule has 0 heterocycles. The van der Waals surface area contributed by atoms with Crippen LogP contribution in [0.5, 0.6) is 0 Å². The van der Waals surface area contributed by atoms with E-state index < -0.39 is 0 Å². The lowest BCUT2D eigenvalue weighted by molar-refractivity contribution is 1.46. The van der Waals surface area contributed by atoms with Gasteiger partial charge in [-0.05, 0) is 35.7 Å². The van der Waals surface area contributed by atoms with Gasteiger partial charge in [0.2, 0.25) is 0 Å². The van der Waals surface area contributed by atoms with Crippen molar-refractivity contribution in [2.75, 3.05) is 5.73 Å². The molecule has 2 N–H and O–H groups in total. The van der Waals surface area contributed by atoms with Gasteiger partial charge in [-0.2, -0.15) is 0 Å². The van der Waals surface area contributed by atoms with Crippen molar-refractivity contribution in [1.29, 1.82) is 0 Å². The third kappa shape index (κ3) is 1.97. The Hall–Kier alpha value is -1.47. The molecule has 0 saturated carbocycles. The fourth-order valence-electron chi connectivity index (χ4n) is 1.59. The zero-order valence-corrected chi connectivity index (χ0v) is 9.25. The molecule has 76 valence electrons. The lowest BCUT2D eigenvalue weighted by atomic mass is 10.0. The van der Waals surface area contributed by atoms with Gasteiger partial charge >= 0.3 is 0 Å². The molecule has 0 radical (unpaired) electrons. The number of aryl methyl sites for hydroxylation is 1. The molecule has 2 rings (SSSR count). The van der Waals surface area contributed by atoms with Crippen molar-refractivity contribution in [3.8, 4) is 11.1 Å². The molecule has 2 heteroatoms. The molecule has 0 fully saturated rings. The number of rotatable bonds is 1. The number of hydrogen-bond acceptors (Lipinski definition) is 1. The molecule has 0 aliphatic heterocycles. The highest BCUT2D eigenvalue weighted by molar-refractivity contribution is 6.33. The van der Waals surface area contributed by atoms with E-state index in [1.165, 1.54) is 11.1 Å². The van der Waals surface area contributed by atoms with E-state index in [0.29, 0.717) is 10.7 Å². The summed E-state index contributed by atoms with van der Waals surface area (Å²) >= 11 is 5.99. The minimum atomic E-state index is 0.607. The van der Waals surface area contributed by atoms with Crippen LogP contribution in [-0.2, 0) is 0 Å². The number of benzene rings is 2. The average molecular weight is 218 g/mol. The van der Waals surface area contributed by atoms with Gasteiger partial charge in [0, 0.05) is 0 Å². The van der Waals surface area contributed by atoms with Gasteiger partial charge < -0.3 is 5.73 Å². The van der Waals surface area contributed by atoms with Crippen LogP contribution >= 0.6 is 11.6 Å². The lowest BCUT2D eigenvalue weighted by Gasteiger charge is -2.07. The number of halogens is 1. The summed E-state index contributed by atoms with van der Waals surface area (Å²) in [6, 6.07) is 13.9. The topological polar surface area (TPSA) is 26.0 Å². The van der Waals surface area contributed by atoms with Gasteiger partial charge in [0.15, 0.2) is 0 Å². The molecule has 15 heavy (non-hydrogen) atoms. The molecule has 0 atom stereocenters. The predicted molar refractivity (Wildman–Crippen MR) is 66.0 cm³/mol. The first-order valence-electron chi connectivity index (χ1n) is 4.79. The fourth-order valence-corrected chi connectivity index (χ4v) is 1.77. The van der Waals surface area contributed by atoms with Crippen LogP contribution in [0.2, 0.25) is 5.02 Å². The monoisotopic (exact) mass is 217 g/mol. The van der Waals surface area contributed by atoms with Crippen LogP contribution in [0.25, 0.3) is 11.1 Å². The molecular formula is C13H12ClN. The van der Waals surface area contributed by atoms with Crippen LogP contribution in [0.1, 0.15) is 5.56 Å². The molecule has 0 bridgehead atoms. The molecule has 0 amide bonds. The number of nitrogen functional groups attached to an aromatic ring is 1. The van der Waals surface area contributed by atoms with Crippen molar-refractivity contribution in [2.24, 2.45) is 0 Å². The van der Waals surface area contributed by atoms with E-state index in [2.05, 4.69) is 19.1 Å². The Labute approximate surface area is 94.5 Å². The summed E-state index contributed by atoms with van der Waals surface area (Å²) < 4.78 is 0. The van der Waals surface area contributed by atoms with Gasteiger partial charge in [0.25, 0.3) is 0 Å². The fraction of sp³-hybridized carbons (Fsp3) is 0.0769. The average Bonchev–Trinajstić information content (AvgIpc) is 2.23. The molecule has 2 aromatic carbocycles. The third-order valence-electron chi connectivity index (χ3n) is 2.46. The Kier molecular flexibility index (Phi) is 2.65. The highest BCUT2D eigenvalue weighted by Crippen LogP contribution is 2.28. The van der Waals surface area contributed by atoms with E-state index in [4.69, 9.17) is 17.3 Å². The van der Waals surface area contributed by atoms with Crippen LogP contribution in [0.4, 0.5) is 5.69 Å². The summed E-state index contributed by atoms with van der Waals surface area (Å²) in [6.45, 7) is 2.08. The lowest BCUT2D eigenvalue weighted by Crippen LogP contribution is -1.87. The summed E-state index contributed by atoms with van der Waals surface area (Å²) in [5.74, 6) is 0. The SMILES string of the molecule is Cc1ccccc1-c1ccc(N)c(Cl)c1. The maximum absolute atomic E-state index is 5.99. The van der Waals surface area contributed by atoms with Crippen LogP contribution < -0.4 is 5.73 Å². The van der Waals surface area contributed by atoms with Crippen LogP contribution in [0, 0.1) is 6.92 Å². The smallest absolute Gasteiger partial charge is 0.0641 e. The second kappa shape index (κ2) is 3.95. The predicted octanol–water partition coefficient (Wildman–Crippen LogP) is 3.90. The summed E-state index contributed by atoms with van der Waals surface area (Å²) in [7, 11) is 0. The largest absolute Gasteiger partial charge is 0.398 e. The third-order valence-corrected chi connectivity index (χ3v) is 2.78. The van der Waals surface area contributed by atoms with E-state index in [0.717, 1.165) is 5.56 Å². The Morgan fingerprint density at radius 1 is 1.07 bits per heavy atom. The van der Waals surface area contributed by atoms with Crippen LogP contribution in [0.3, 0.4) is 0 Å². The van der Waals surface area contributed by atoms with Gasteiger partial charge in [-0.3, -0.25) is 0 Å². The van der Waals surface area contributed by atoms with Gasteiger partial charge in [0.1, 0.15) is 0 Å². The quantitative estimate of drug-likeness (QED) is 0.721. The van der Waals surface area contributed by atoms with Crippen LogP contribution in [-0.4, -0.2) is 0 Å². The molecule has 0 spiro atoms. The highest BCUT2D eigenvalue weighted by atomic mass is 35.5. The normalized spacial score (nSPS) is 10.3. The molecule has 0 aromatic heterocycles. The Morgan fingerprint density at radius 2 is 1.80 bits per heavy atom. The van der Waals surface area contributed by atoms with Crippen molar-refractivity contribution in [3.63, 3.8) is 0 Å². The van der Waals surface area contributed by atoms with Crippen molar-refractivity contribution in [2.45, 2.75) is 6.92 Å². The summed E-state index contributed by atoms with van der Waals surface area (Å²) in [6.07, 6.45) is 0. The molecule has 0 unspecified atom stereocenters. The first-order valence-corrected chi connectivity index (χ1v) is 5.17. The first kappa shape index (κ1) is 10.1. The van der Waals surface area contributed by atoms with Crippen molar-refractivity contribution in [1.82, 2.24) is 0 Å². The summed E-state index contributed by atoms with van der Waals surface area (Å²) in [5.41, 5.74) is 9.82. The molecule has 0 aliphatic rings. The van der Waals surface area contributed by atoms with Gasteiger partial charge in [-0.25, -0.2) is 0 Å². The molecule has 2 aromatic rings. The minimum absolute atomic E-state index is 0.607. The highest BCUT2D eigenvalue weighted by Gasteiger charge is 2.03. The molecular weight excluding hydrogens is 206 g/mol. The van der Waals surface area contributed by atoms with E-state index in [1.54, 1.807) is 0 Å². The Bertz CT molecular complexity index is 492. The number of hydrogen-bond donors (Lipinski definition) is 1.